The molecule has 1 aromatic rings. The Bertz CT molecular complexity index is 543. The van der Waals surface area contributed by atoms with E-state index in [1.165, 1.54) is 12.8 Å². The normalized spacial score (nSPS) is 25.7. The van der Waals surface area contributed by atoms with Gasteiger partial charge >= 0.3 is 7.12 Å². The van der Waals surface area contributed by atoms with E-state index in [0.717, 1.165) is 24.4 Å². The van der Waals surface area contributed by atoms with Crippen LogP contribution < -0.4 is 10.4 Å². The molecule has 0 aliphatic carbocycles. The average Bonchev–Trinajstić information content (AvgIpc) is 2.68. The van der Waals surface area contributed by atoms with E-state index in [9.17, 15) is 0 Å². The Morgan fingerprint density at radius 1 is 0.957 bits per heavy atom. The first-order valence-corrected chi connectivity index (χ1v) is 8.66. The fourth-order valence-electron chi connectivity index (χ4n) is 3.04. The number of aromatic nitrogens is 1. The van der Waals surface area contributed by atoms with Crippen LogP contribution in [0.3, 0.4) is 0 Å². The minimum absolute atomic E-state index is 0.311. The monoisotopic (exact) mass is 316 g/mol. The van der Waals surface area contributed by atoms with E-state index >= 15 is 0 Å². The van der Waals surface area contributed by atoms with E-state index in [1.54, 1.807) is 0 Å². The first kappa shape index (κ1) is 16.8. The number of hydrogen-bond acceptors (Lipinski definition) is 4. The van der Waals surface area contributed by atoms with Crippen molar-refractivity contribution in [2.75, 3.05) is 18.0 Å². The minimum atomic E-state index is -0.332. The second-order valence-electron chi connectivity index (χ2n) is 8.69. The molecule has 23 heavy (non-hydrogen) atoms. The van der Waals surface area contributed by atoms with Crippen LogP contribution in [0.15, 0.2) is 18.3 Å². The molecule has 0 radical (unpaired) electrons. The summed E-state index contributed by atoms with van der Waals surface area (Å²) < 4.78 is 12.2. The molecule has 2 fully saturated rings. The van der Waals surface area contributed by atoms with Crippen molar-refractivity contribution in [1.29, 1.82) is 0 Å². The third-order valence-corrected chi connectivity index (χ3v) is 5.74. The van der Waals surface area contributed by atoms with E-state index in [-0.39, 0.29) is 18.3 Å². The number of rotatable bonds is 2. The molecule has 126 valence electrons. The van der Waals surface area contributed by atoms with Crippen LogP contribution in [0.2, 0.25) is 0 Å². The van der Waals surface area contributed by atoms with E-state index in [0.29, 0.717) is 5.41 Å². The summed E-state index contributed by atoms with van der Waals surface area (Å²) in [6.45, 7) is 15.1. The number of nitrogens with zero attached hydrogens (tertiary/aromatic N) is 2. The molecule has 0 saturated carbocycles. The Labute approximate surface area is 140 Å². The van der Waals surface area contributed by atoms with Gasteiger partial charge in [-0.05, 0) is 52.0 Å². The van der Waals surface area contributed by atoms with Crippen LogP contribution in [0.5, 0.6) is 0 Å². The number of piperidine rings is 1. The number of pyridine rings is 1. The molecule has 2 saturated heterocycles. The molecule has 2 aliphatic rings. The highest BCUT2D eigenvalue weighted by molar-refractivity contribution is 6.62. The van der Waals surface area contributed by atoms with Gasteiger partial charge in [0.15, 0.2) is 0 Å². The molecule has 0 spiro atoms. The summed E-state index contributed by atoms with van der Waals surface area (Å²) in [6.07, 6.45) is 4.33. The SMILES string of the molecule is CC1(C)CCN(c2ccc(B3OC(C)(C)C(C)(C)O3)cn2)CC1. The predicted molar refractivity (Wildman–Crippen MR) is 95.2 cm³/mol. The fourth-order valence-corrected chi connectivity index (χ4v) is 3.04. The van der Waals surface area contributed by atoms with Crippen LogP contribution in [-0.2, 0) is 9.31 Å². The lowest BCUT2D eigenvalue weighted by Gasteiger charge is -2.37. The largest absolute Gasteiger partial charge is 0.496 e. The maximum atomic E-state index is 6.09. The van der Waals surface area contributed by atoms with Crippen molar-refractivity contribution < 1.29 is 9.31 Å². The first-order chi connectivity index (χ1) is 10.6. The summed E-state index contributed by atoms with van der Waals surface area (Å²) in [7, 11) is -0.332. The smallest absolute Gasteiger partial charge is 0.399 e. The summed E-state index contributed by atoms with van der Waals surface area (Å²) in [5.74, 6) is 1.06. The number of anilines is 1. The fraction of sp³-hybridized carbons (Fsp3) is 0.722. The van der Waals surface area contributed by atoms with Crippen LogP contribution in [0, 0.1) is 5.41 Å². The highest BCUT2D eigenvalue weighted by Crippen LogP contribution is 2.36. The van der Waals surface area contributed by atoms with Gasteiger partial charge in [0.25, 0.3) is 0 Å². The lowest BCUT2D eigenvalue weighted by molar-refractivity contribution is 0.00578. The van der Waals surface area contributed by atoms with E-state index < -0.39 is 0 Å². The molecule has 3 rings (SSSR count). The topological polar surface area (TPSA) is 34.6 Å². The highest BCUT2D eigenvalue weighted by Gasteiger charge is 2.51. The summed E-state index contributed by atoms with van der Waals surface area (Å²) >= 11 is 0. The molecule has 5 heteroatoms. The van der Waals surface area contributed by atoms with Gasteiger partial charge in [0.2, 0.25) is 0 Å². The lowest BCUT2D eigenvalue weighted by Crippen LogP contribution is -2.41. The van der Waals surface area contributed by atoms with Gasteiger partial charge in [-0.15, -0.1) is 0 Å². The lowest BCUT2D eigenvalue weighted by atomic mass is 9.80. The van der Waals surface area contributed by atoms with Crippen molar-refractivity contribution in [2.24, 2.45) is 5.41 Å². The molecule has 3 heterocycles. The third-order valence-electron chi connectivity index (χ3n) is 5.74. The summed E-state index contributed by atoms with van der Waals surface area (Å²) in [4.78, 5) is 7.03. The zero-order valence-electron chi connectivity index (χ0n) is 15.3. The van der Waals surface area contributed by atoms with Crippen LogP contribution in [0.1, 0.15) is 54.4 Å². The maximum Gasteiger partial charge on any atom is 0.496 e. The van der Waals surface area contributed by atoms with Crippen LogP contribution >= 0.6 is 0 Å². The molecule has 0 N–H and O–H groups in total. The van der Waals surface area contributed by atoms with Gasteiger partial charge in [0.05, 0.1) is 11.2 Å². The van der Waals surface area contributed by atoms with Crippen LogP contribution in [0.25, 0.3) is 0 Å². The third kappa shape index (κ3) is 3.27. The molecule has 2 aliphatic heterocycles. The molecule has 0 unspecified atom stereocenters. The molecule has 0 atom stereocenters. The van der Waals surface area contributed by atoms with Gasteiger partial charge in [-0.3, -0.25) is 0 Å². The van der Waals surface area contributed by atoms with Crippen molar-refractivity contribution in [3.63, 3.8) is 0 Å². The van der Waals surface area contributed by atoms with Gasteiger partial charge in [0, 0.05) is 24.7 Å². The van der Waals surface area contributed by atoms with Gasteiger partial charge in [-0.2, -0.15) is 0 Å². The standard InChI is InChI=1S/C18H29BN2O2/c1-16(2)9-11-21(12-10-16)15-8-7-14(13-20-15)19-22-17(3,4)18(5,6)23-19/h7-8,13H,9-12H2,1-6H3. The highest BCUT2D eigenvalue weighted by atomic mass is 16.7. The molecular formula is C18H29BN2O2. The van der Waals surface area contributed by atoms with E-state index in [1.807, 2.05) is 6.20 Å². The van der Waals surface area contributed by atoms with Crippen molar-refractivity contribution in [3.8, 4) is 0 Å². The van der Waals surface area contributed by atoms with Crippen molar-refractivity contribution in [1.82, 2.24) is 4.98 Å². The Kier molecular flexibility index (Phi) is 4.00. The van der Waals surface area contributed by atoms with Crippen LogP contribution in [-0.4, -0.2) is 36.4 Å². The van der Waals surface area contributed by atoms with Gasteiger partial charge in [-0.1, -0.05) is 19.9 Å². The molecule has 0 aromatic carbocycles. The van der Waals surface area contributed by atoms with Gasteiger partial charge < -0.3 is 14.2 Å². The zero-order chi connectivity index (χ0) is 16.9. The van der Waals surface area contributed by atoms with E-state index in [4.69, 9.17) is 9.31 Å². The average molecular weight is 316 g/mol. The first-order valence-electron chi connectivity index (χ1n) is 8.66. The van der Waals surface area contributed by atoms with E-state index in [2.05, 4.69) is 63.6 Å². The number of hydrogen-bond donors (Lipinski definition) is 0. The van der Waals surface area contributed by atoms with Crippen LogP contribution in [0.4, 0.5) is 5.82 Å². The van der Waals surface area contributed by atoms with Crippen molar-refractivity contribution >= 4 is 18.4 Å². The maximum absolute atomic E-state index is 6.09. The Balaban J connectivity index is 1.69. The minimum Gasteiger partial charge on any atom is -0.399 e. The Morgan fingerprint density at radius 3 is 2.00 bits per heavy atom. The quantitative estimate of drug-likeness (QED) is 0.786. The molecule has 4 nitrogen and oxygen atoms in total. The second-order valence-corrected chi connectivity index (χ2v) is 8.69. The summed E-state index contributed by atoms with van der Waals surface area (Å²) in [6, 6.07) is 4.18. The van der Waals surface area contributed by atoms with Crippen molar-refractivity contribution in [2.45, 2.75) is 65.6 Å². The molecule has 0 bridgehead atoms. The second kappa shape index (κ2) is 5.49. The summed E-state index contributed by atoms with van der Waals surface area (Å²) in [5, 5.41) is 0. The summed E-state index contributed by atoms with van der Waals surface area (Å²) in [5.41, 5.74) is 0.827. The van der Waals surface area contributed by atoms with Gasteiger partial charge in [0.1, 0.15) is 5.82 Å². The Morgan fingerprint density at radius 2 is 1.52 bits per heavy atom. The molecule has 1 aromatic heterocycles. The molecule has 0 amide bonds. The zero-order valence-corrected chi connectivity index (χ0v) is 15.3. The van der Waals surface area contributed by atoms with Crippen molar-refractivity contribution in [3.05, 3.63) is 18.3 Å². The van der Waals surface area contributed by atoms with Gasteiger partial charge in [-0.25, -0.2) is 4.98 Å². The molecular weight excluding hydrogens is 287 g/mol. The predicted octanol–water partition coefficient (Wildman–Crippen LogP) is 3.01. The Hall–Kier alpha value is -1.07.